The van der Waals surface area contributed by atoms with E-state index in [2.05, 4.69) is 15.6 Å². The molecular weight excluding hydrogens is 521 g/mol. The van der Waals surface area contributed by atoms with E-state index in [0.717, 1.165) is 55.9 Å². The first kappa shape index (κ1) is 26.2. The van der Waals surface area contributed by atoms with Crippen molar-refractivity contribution in [2.24, 2.45) is 4.99 Å². The summed E-state index contributed by atoms with van der Waals surface area (Å²) in [6, 6.07) is 8.08. The van der Waals surface area contributed by atoms with E-state index in [1.807, 2.05) is 36.1 Å². The highest BCUT2D eigenvalue weighted by Crippen LogP contribution is 2.14. The molecule has 32 heavy (non-hydrogen) atoms. The molecule has 2 heterocycles. The van der Waals surface area contributed by atoms with Crippen LogP contribution in [0.15, 0.2) is 29.3 Å². The molecule has 0 saturated carbocycles. The number of aliphatic imine (C=N–C) groups is 1. The van der Waals surface area contributed by atoms with Gasteiger partial charge in [0, 0.05) is 51.4 Å². The van der Waals surface area contributed by atoms with Gasteiger partial charge in [0.25, 0.3) is 5.91 Å². The van der Waals surface area contributed by atoms with E-state index in [0.29, 0.717) is 26.2 Å². The predicted molar refractivity (Wildman–Crippen MR) is 137 cm³/mol. The number of hydrogen-bond acceptors (Lipinski definition) is 4. The average Bonchev–Trinajstić information content (AvgIpc) is 2.82. The summed E-state index contributed by atoms with van der Waals surface area (Å²) in [5.41, 5.74) is 1.84. The van der Waals surface area contributed by atoms with E-state index in [4.69, 9.17) is 4.74 Å². The number of carbonyl (C=O) groups excluding carboxylic acids is 2. The molecule has 0 aromatic heterocycles. The molecule has 9 heteroatoms. The Labute approximate surface area is 208 Å². The van der Waals surface area contributed by atoms with Gasteiger partial charge < -0.3 is 25.2 Å². The molecule has 1 aromatic rings. The molecule has 3 rings (SSSR count). The fraction of sp³-hybridized carbons (Fsp3) is 0.609. The first-order valence-electron chi connectivity index (χ1n) is 11.4. The zero-order valence-corrected chi connectivity index (χ0v) is 21.5. The first-order chi connectivity index (χ1) is 15.1. The molecule has 0 atom stereocenters. The fourth-order valence-electron chi connectivity index (χ4n) is 4.04. The lowest BCUT2D eigenvalue weighted by Crippen LogP contribution is -2.49. The summed E-state index contributed by atoms with van der Waals surface area (Å²) in [5, 5.41) is 6.78. The maximum Gasteiger partial charge on any atom is 0.409 e. The number of halogens is 1. The van der Waals surface area contributed by atoms with Gasteiger partial charge in [0.15, 0.2) is 5.96 Å². The molecular formula is C23H36IN5O3. The monoisotopic (exact) mass is 557 g/mol. The van der Waals surface area contributed by atoms with Gasteiger partial charge in [0.2, 0.25) is 0 Å². The SMILES string of the molecule is CCOC(=O)N1CCC(NC(=NC)NCc2ccc(C(=O)N3CCCCC3)cc2)CC1.I. The first-order valence-corrected chi connectivity index (χ1v) is 11.4. The van der Waals surface area contributed by atoms with Crippen molar-refractivity contribution < 1.29 is 14.3 Å². The minimum absolute atomic E-state index is 0. The topological polar surface area (TPSA) is 86.3 Å². The van der Waals surface area contributed by atoms with Crippen molar-refractivity contribution in [3.8, 4) is 0 Å². The highest BCUT2D eigenvalue weighted by atomic mass is 127. The molecule has 2 fully saturated rings. The lowest BCUT2D eigenvalue weighted by atomic mass is 10.1. The molecule has 8 nitrogen and oxygen atoms in total. The summed E-state index contributed by atoms with van der Waals surface area (Å²) in [5.74, 6) is 0.869. The maximum absolute atomic E-state index is 12.6. The smallest absolute Gasteiger partial charge is 0.409 e. The fourth-order valence-corrected chi connectivity index (χ4v) is 4.04. The number of likely N-dealkylation sites (tertiary alicyclic amines) is 2. The largest absolute Gasteiger partial charge is 0.450 e. The standard InChI is InChI=1S/C23H35N5O3.HI/c1-3-31-23(30)28-15-11-20(12-16-28)26-22(24-2)25-17-18-7-9-19(10-8-18)21(29)27-13-5-4-6-14-27;/h7-10,20H,3-6,11-17H2,1-2H3,(H2,24,25,26);1H. The number of guanidine groups is 1. The van der Waals surface area contributed by atoms with Crippen LogP contribution in [0.2, 0.25) is 0 Å². The van der Waals surface area contributed by atoms with Crippen LogP contribution in [0.1, 0.15) is 54.9 Å². The van der Waals surface area contributed by atoms with Crippen LogP contribution < -0.4 is 10.6 Å². The van der Waals surface area contributed by atoms with Crippen LogP contribution in [0.3, 0.4) is 0 Å². The Kier molecular flexibility index (Phi) is 11.1. The van der Waals surface area contributed by atoms with Gasteiger partial charge in [-0.2, -0.15) is 0 Å². The molecule has 2 N–H and O–H groups in total. The molecule has 0 unspecified atom stereocenters. The van der Waals surface area contributed by atoms with E-state index in [1.165, 1.54) is 6.42 Å². The number of carbonyl (C=O) groups is 2. The number of nitrogens with zero attached hydrogens (tertiary/aromatic N) is 3. The molecule has 1 aromatic carbocycles. The van der Waals surface area contributed by atoms with Gasteiger partial charge in [-0.15, -0.1) is 24.0 Å². The molecule has 0 radical (unpaired) electrons. The van der Waals surface area contributed by atoms with E-state index in [1.54, 1.807) is 11.9 Å². The van der Waals surface area contributed by atoms with Gasteiger partial charge in [-0.3, -0.25) is 9.79 Å². The van der Waals surface area contributed by atoms with Crippen molar-refractivity contribution in [2.75, 3.05) is 39.8 Å². The second-order valence-corrected chi connectivity index (χ2v) is 8.08. The summed E-state index contributed by atoms with van der Waals surface area (Å²) >= 11 is 0. The van der Waals surface area contributed by atoms with Crippen LogP contribution in [0, 0.1) is 0 Å². The third-order valence-corrected chi connectivity index (χ3v) is 5.89. The van der Waals surface area contributed by atoms with Crippen LogP contribution in [0.25, 0.3) is 0 Å². The van der Waals surface area contributed by atoms with Crippen molar-refractivity contribution in [1.82, 2.24) is 20.4 Å². The molecule has 178 valence electrons. The quantitative estimate of drug-likeness (QED) is 0.330. The minimum atomic E-state index is -0.231. The van der Waals surface area contributed by atoms with Crippen molar-refractivity contribution in [1.29, 1.82) is 0 Å². The third-order valence-electron chi connectivity index (χ3n) is 5.89. The second-order valence-electron chi connectivity index (χ2n) is 8.08. The van der Waals surface area contributed by atoms with Crippen molar-refractivity contribution in [2.45, 2.75) is 51.6 Å². The van der Waals surface area contributed by atoms with Gasteiger partial charge in [-0.05, 0) is 56.7 Å². The Morgan fingerprint density at radius 2 is 1.69 bits per heavy atom. The number of rotatable bonds is 5. The van der Waals surface area contributed by atoms with Crippen LogP contribution in [-0.2, 0) is 11.3 Å². The highest BCUT2D eigenvalue weighted by molar-refractivity contribution is 14.0. The average molecular weight is 557 g/mol. The van der Waals surface area contributed by atoms with E-state index >= 15 is 0 Å². The summed E-state index contributed by atoms with van der Waals surface area (Å²) in [6.45, 7) is 5.94. The van der Waals surface area contributed by atoms with Gasteiger partial charge in [0.05, 0.1) is 6.61 Å². The van der Waals surface area contributed by atoms with Gasteiger partial charge in [-0.1, -0.05) is 12.1 Å². The van der Waals surface area contributed by atoms with Gasteiger partial charge >= 0.3 is 6.09 Å². The van der Waals surface area contributed by atoms with E-state index in [9.17, 15) is 9.59 Å². The van der Waals surface area contributed by atoms with Crippen LogP contribution in [0.4, 0.5) is 4.79 Å². The number of piperidine rings is 2. The van der Waals surface area contributed by atoms with E-state index in [-0.39, 0.29) is 42.0 Å². The van der Waals surface area contributed by atoms with E-state index < -0.39 is 0 Å². The zero-order chi connectivity index (χ0) is 22.1. The third kappa shape index (κ3) is 7.53. The summed E-state index contributed by atoms with van der Waals surface area (Å²) < 4.78 is 5.07. The van der Waals surface area contributed by atoms with Gasteiger partial charge in [-0.25, -0.2) is 4.79 Å². The van der Waals surface area contributed by atoms with Crippen LogP contribution >= 0.6 is 24.0 Å². The summed E-state index contributed by atoms with van der Waals surface area (Å²) in [6.07, 6.45) is 4.89. The molecule has 0 aliphatic carbocycles. The normalized spacial score (nSPS) is 17.4. The molecule has 2 aliphatic heterocycles. The Morgan fingerprint density at radius 1 is 1.03 bits per heavy atom. The molecule has 0 spiro atoms. The van der Waals surface area contributed by atoms with Crippen molar-refractivity contribution in [3.63, 3.8) is 0 Å². The number of amides is 2. The molecule has 2 aliphatic rings. The molecule has 0 bridgehead atoms. The lowest BCUT2D eigenvalue weighted by Gasteiger charge is -2.32. The molecule has 2 saturated heterocycles. The Balaban J connectivity index is 0.00000363. The number of benzene rings is 1. The summed E-state index contributed by atoms with van der Waals surface area (Å²) in [7, 11) is 1.75. The summed E-state index contributed by atoms with van der Waals surface area (Å²) in [4.78, 5) is 32.4. The molecule has 2 amide bonds. The van der Waals surface area contributed by atoms with Crippen molar-refractivity contribution >= 4 is 41.9 Å². The minimum Gasteiger partial charge on any atom is -0.450 e. The van der Waals surface area contributed by atoms with Crippen LogP contribution in [0.5, 0.6) is 0 Å². The Bertz CT molecular complexity index is 757. The van der Waals surface area contributed by atoms with Gasteiger partial charge in [0.1, 0.15) is 0 Å². The van der Waals surface area contributed by atoms with Crippen LogP contribution in [-0.4, -0.2) is 73.6 Å². The zero-order valence-electron chi connectivity index (χ0n) is 19.1. The predicted octanol–water partition coefficient (Wildman–Crippen LogP) is 3.22. The highest BCUT2D eigenvalue weighted by Gasteiger charge is 2.24. The Hall–Kier alpha value is -2.04. The Morgan fingerprint density at radius 3 is 2.28 bits per heavy atom. The second kappa shape index (κ2) is 13.5. The number of ether oxygens (including phenoxy) is 1. The van der Waals surface area contributed by atoms with Crippen molar-refractivity contribution in [3.05, 3.63) is 35.4 Å². The number of hydrogen-bond donors (Lipinski definition) is 2. The lowest BCUT2D eigenvalue weighted by molar-refractivity contribution is 0.0724. The maximum atomic E-state index is 12.6. The number of nitrogens with one attached hydrogen (secondary N) is 2.